The van der Waals surface area contributed by atoms with Crippen molar-refractivity contribution in [3.05, 3.63) is 165 Å². The molecule has 4 amide bonds. The average Bonchev–Trinajstić information content (AvgIpc) is 1.34. The molecule has 0 aromatic heterocycles. The van der Waals surface area contributed by atoms with E-state index in [1.807, 2.05) is 16.1 Å². The first-order valence-electron chi connectivity index (χ1n) is 42.7. The Bertz CT molecular complexity index is 5190. The smallest absolute Gasteiger partial charge is 0.408 e. The quantitative estimate of drug-likeness (QED) is 0.00490. The topological polar surface area (TPSA) is 422 Å². The van der Waals surface area contributed by atoms with Gasteiger partial charge in [0.15, 0.2) is 11.6 Å². The van der Waals surface area contributed by atoms with Gasteiger partial charge in [0.2, 0.25) is 11.8 Å². The molecular weight excluding hydrogens is 1960 g/mol. The number of nitrogens with two attached hydrogens (primary N) is 4. The number of nitrogens with zero attached hydrogens (tertiary/aromatic N) is 6. The predicted octanol–water partition coefficient (Wildman–Crippen LogP) is 15.6. The number of hydrogen-bond donors (Lipinski definition) is 10. The number of benzene rings is 4. The van der Waals surface area contributed by atoms with Gasteiger partial charge in [0, 0.05) is 122 Å². The lowest BCUT2D eigenvalue weighted by atomic mass is 9.75. The van der Waals surface area contributed by atoms with Gasteiger partial charge < -0.3 is 62.7 Å². The van der Waals surface area contributed by atoms with Crippen LogP contribution in [0.4, 0.5) is 115 Å². The summed E-state index contributed by atoms with van der Waals surface area (Å²) in [6.45, 7) is -12.5. The number of hydrogen-bond acceptors (Lipinski definition) is 24. The van der Waals surface area contributed by atoms with Crippen molar-refractivity contribution in [3.8, 4) is 0 Å². The number of ether oxygens (including phenoxy) is 4. The van der Waals surface area contributed by atoms with E-state index in [9.17, 15) is 136 Å². The molecule has 2 saturated carbocycles. The van der Waals surface area contributed by atoms with Crippen LogP contribution in [0.3, 0.4) is 0 Å². The normalized spacial score (nSPS) is 16.1. The van der Waals surface area contributed by atoms with E-state index < -0.39 is 302 Å². The maximum Gasteiger partial charge on any atom is 0.408 e. The number of rotatable bonds is 48. The van der Waals surface area contributed by atoms with E-state index in [1.165, 1.54) is 48.5 Å². The first-order valence-corrected chi connectivity index (χ1v) is 42.7. The number of nitrogens with one attached hydrogen (secondary N) is 4. The molecule has 8 atom stereocenters. The van der Waals surface area contributed by atoms with Crippen LogP contribution >= 0.6 is 0 Å². The van der Waals surface area contributed by atoms with Crippen LogP contribution in [0.2, 0.25) is 0 Å². The number of carbonyl (C=O) groups is 8. The van der Waals surface area contributed by atoms with Crippen molar-refractivity contribution in [2.45, 2.75) is 220 Å². The second-order valence-corrected chi connectivity index (χ2v) is 35.0. The summed E-state index contributed by atoms with van der Waals surface area (Å²) in [5.74, 6) is -22.1. The molecule has 0 saturated heterocycles. The summed E-state index contributed by atoms with van der Waals surface area (Å²) in [6.07, 6.45) is -26.9. The third-order valence-electron chi connectivity index (χ3n) is 23.2. The van der Waals surface area contributed by atoms with Crippen LogP contribution in [0.1, 0.15) is 151 Å². The fraction of sp³-hybridized carbons (Fsp3) is 0.511. The predicted molar refractivity (Wildman–Crippen MR) is 467 cm³/mol. The van der Waals surface area contributed by atoms with Gasteiger partial charge in [-0.2, -0.15) is 87.8 Å². The third kappa shape index (κ3) is 35.4. The molecule has 6 rings (SSSR count). The van der Waals surface area contributed by atoms with Gasteiger partial charge >= 0.3 is 75.0 Å². The van der Waals surface area contributed by atoms with Gasteiger partial charge in [0.1, 0.15) is 47.6 Å². The summed E-state index contributed by atoms with van der Waals surface area (Å²) in [4.78, 5) is 118. The molecule has 2 aliphatic rings. The monoisotopic (exact) mass is 2060 g/mol. The molecule has 0 bridgehead atoms. The Hall–Kier alpha value is -12.4. The highest BCUT2D eigenvalue weighted by molar-refractivity contribution is 6.11. The fourth-order valence-electron chi connectivity index (χ4n) is 13.7. The summed E-state index contributed by atoms with van der Waals surface area (Å²) in [5.41, 5.74) is 11.5. The van der Waals surface area contributed by atoms with E-state index in [1.54, 1.807) is 0 Å². The molecule has 788 valence electrons. The van der Waals surface area contributed by atoms with Crippen molar-refractivity contribution in [3.63, 3.8) is 0 Å². The number of carbonyl (C=O) groups excluding carboxylic acids is 8. The van der Waals surface area contributed by atoms with Crippen LogP contribution in [0.15, 0.2) is 117 Å². The molecule has 4 aromatic rings. The molecule has 0 unspecified atom stereocenters. The fourth-order valence-corrected chi connectivity index (χ4v) is 13.7. The molecule has 0 heterocycles. The van der Waals surface area contributed by atoms with Gasteiger partial charge in [0.05, 0.1) is 72.8 Å². The zero-order valence-electron chi connectivity index (χ0n) is 77.4. The van der Waals surface area contributed by atoms with Gasteiger partial charge in [-0.3, -0.25) is 39.6 Å². The number of aliphatic hydroxyl groups excluding tert-OH is 2. The number of halogens is 24. The average molecular weight is 2060 g/mol. The number of Topliss-reactive ketones (excluding diaryl/α,β-unsaturated/α-hetero) is 2. The lowest BCUT2D eigenvalue weighted by Gasteiger charge is -2.37. The Labute approximate surface area is 797 Å². The summed E-state index contributed by atoms with van der Waals surface area (Å²) in [5, 5.41) is 28.8. The minimum Gasteiger partial charge on any atom is -0.469 e. The molecule has 14 N–H and O–H groups in total. The van der Waals surface area contributed by atoms with Gasteiger partial charge in [0.25, 0.3) is 0 Å². The molecular formula is C90H106F24N14O14. The maximum absolute atomic E-state index is 16.0. The third-order valence-corrected chi connectivity index (χ3v) is 23.2. The maximum atomic E-state index is 16.0. The molecule has 0 radical (unpaired) electrons. The molecule has 2 fully saturated rings. The van der Waals surface area contributed by atoms with Crippen LogP contribution in [-0.4, -0.2) is 207 Å². The molecule has 2 aliphatic carbocycles. The second kappa shape index (κ2) is 51.5. The van der Waals surface area contributed by atoms with Crippen LogP contribution < -0.4 is 44.4 Å². The second-order valence-electron chi connectivity index (χ2n) is 35.0. The first kappa shape index (κ1) is 120. The lowest BCUT2D eigenvalue weighted by molar-refractivity contribution is -0.231. The Balaban J connectivity index is 0.000000501. The lowest BCUT2D eigenvalue weighted by Crippen LogP contribution is -2.57. The van der Waals surface area contributed by atoms with Crippen molar-refractivity contribution >= 4 is 94.8 Å². The first-order chi connectivity index (χ1) is 65.7. The van der Waals surface area contributed by atoms with Crippen molar-refractivity contribution < 1.29 is 173 Å². The van der Waals surface area contributed by atoms with Crippen molar-refractivity contribution in [1.82, 2.24) is 31.5 Å². The minimum absolute atomic E-state index is 0.00269. The van der Waals surface area contributed by atoms with Crippen molar-refractivity contribution in [2.75, 3.05) is 27.3 Å². The van der Waals surface area contributed by atoms with E-state index in [0.717, 1.165) is 45.1 Å². The van der Waals surface area contributed by atoms with Crippen LogP contribution in [-0.2, 0) is 73.6 Å². The minimum atomic E-state index is -5.19. The highest BCUT2D eigenvalue weighted by atomic mass is 19.4. The number of hydrazine groups is 2. The zero-order chi connectivity index (χ0) is 108. The van der Waals surface area contributed by atoms with Crippen molar-refractivity contribution in [1.29, 1.82) is 0 Å². The van der Waals surface area contributed by atoms with Gasteiger partial charge in [-0.05, 0) is 136 Å². The number of aliphatic hydroxyl groups is 2. The summed E-state index contributed by atoms with van der Waals surface area (Å²) in [7, 11) is 1.61. The molecule has 142 heavy (non-hydrogen) atoms. The summed E-state index contributed by atoms with van der Waals surface area (Å²) < 4.78 is 359. The molecule has 28 nitrogen and oxygen atoms in total. The van der Waals surface area contributed by atoms with Gasteiger partial charge in [-0.15, -0.1) is 0 Å². The van der Waals surface area contributed by atoms with E-state index in [0.29, 0.717) is 134 Å². The molecule has 0 spiro atoms. The van der Waals surface area contributed by atoms with Crippen LogP contribution in [0.25, 0.3) is 22.4 Å². The number of methoxy groups -OCH3 is 2. The van der Waals surface area contributed by atoms with Gasteiger partial charge in [-0.25, -0.2) is 57.1 Å². The van der Waals surface area contributed by atoms with Crippen LogP contribution in [0, 0.1) is 68.6 Å². The SMILES string of the molecule is CC(C)([C@H](CC(=O)OC1CC1)C(=O)NN(Cc1c(F)cc(C(C=NC(F)F)=CN)cc1F)C[C@H](O)[C@@H](CC(=O)[C@@H](NC(=O)OC1CC1)C(C)(C)C(F)(F)F)Cc1ccc(C(C=NC(F)F)=CN)cc1)C(F)(F)F.COC(=O)C[C@H](C(=O)NN(Cc1c(F)cc(C(N)=CC=NC(F)F)cc1F)C[C@H](O)[C@@H](CC(=O)[C@@H](NC(=O)OC)C(C)(C)C(F)(F)F)Cc1ccc(C(C=NC(F)F)=CN)cc1)C(C)(C)C(F)(F)F. The Morgan fingerprint density at radius 2 is 0.754 bits per heavy atom. The van der Waals surface area contributed by atoms with Gasteiger partial charge in [-0.1, -0.05) is 76.2 Å². The molecule has 0 aliphatic heterocycles. The van der Waals surface area contributed by atoms with E-state index in [2.05, 4.69) is 34.9 Å². The largest absolute Gasteiger partial charge is 0.469 e. The summed E-state index contributed by atoms with van der Waals surface area (Å²) in [6, 6.07) is 8.29. The highest BCUT2D eigenvalue weighted by Gasteiger charge is 2.60. The van der Waals surface area contributed by atoms with E-state index in [4.69, 9.17) is 32.4 Å². The number of ketones is 2. The highest BCUT2D eigenvalue weighted by Crippen LogP contribution is 2.49. The standard InChI is InChI=1S/C47H55F12N7O7.C43H51F12N7O7/c1-44(2,46(54,55)56)33(17-38(69)72-30-9-10-30)40(70)65-66(22-32-34(48)14-26(15-35(32)49)29(19-61)21-63-42(52)53)23-37(68)27(13-24-5-7-25(8-6-24)28(18-60)20-62-41(50)51)16-36(67)39(45(3,4)47(57,58)59)64-43(71)73-31-11-12-31;1-40(2,42(50,51)52)28(17-34(65)68-5)36(66)61-62(20-27-29(44)14-24(15-30(27)45)31(57)11-12-58-37(46)47)21-33(64)25(13-22-7-9-23(10-8-22)26(18-56)19-59-38(48)49)16-32(63)35(60-39(67)69-6)41(3,4)43(53,54)55/h5-8,14-15,18-21,27,30-31,33,37,39,41-42,68H,9-13,16-17,22-23,60-61H2,1-4H3,(H,64,71)(H,65,70);7-12,14-15,18-19,25,28,33,35,37-38,64H,13,16-17,20-21,56-57H2,1-6H3,(H,60,67)(H,61,66)/t27-,33-,37+,39-;25-,28-,33+,35-/m11/s1. The number of amides is 4. The Kier molecular flexibility index (Phi) is 43.6. The zero-order valence-corrected chi connectivity index (χ0v) is 77.4. The summed E-state index contributed by atoms with van der Waals surface area (Å²) >= 11 is 0. The Morgan fingerprint density at radius 3 is 1.06 bits per heavy atom. The number of aliphatic imine (C=N–C) groups is 4. The number of allylic oxidation sites excluding steroid dienone is 4. The van der Waals surface area contributed by atoms with E-state index in [-0.39, 0.29) is 33.4 Å². The van der Waals surface area contributed by atoms with Crippen molar-refractivity contribution in [2.24, 2.45) is 88.2 Å². The molecule has 4 aromatic carbocycles. The number of alkyl carbamates (subject to hydrolysis) is 2. The number of alkyl halides is 20. The Morgan fingerprint density at radius 1 is 0.437 bits per heavy atom. The van der Waals surface area contributed by atoms with Crippen LogP contribution in [0.5, 0.6) is 0 Å². The number of esters is 2. The van der Waals surface area contributed by atoms with E-state index >= 15 is 17.6 Å². The molecule has 52 heteroatoms.